The molecule has 26 heavy (non-hydrogen) atoms. The molecule has 0 spiro atoms. The van der Waals surface area contributed by atoms with Gasteiger partial charge in [-0.3, -0.25) is 13.9 Å². The average Bonchev–Trinajstić information content (AvgIpc) is 3.00. The van der Waals surface area contributed by atoms with Crippen LogP contribution in [0, 0.1) is 0 Å². The number of hydrogen-bond acceptors (Lipinski definition) is 6. The summed E-state index contributed by atoms with van der Waals surface area (Å²) in [6.45, 7) is 6.00. The van der Waals surface area contributed by atoms with E-state index in [0.29, 0.717) is 27.6 Å². The van der Waals surface area contributed by atoms with Crippen LogP contribution in [-0.2, 0) is 25.3 Å². The van der Waals surface area contributed by atoms with E-state index < -0.39 is 5.69 Å². The lowest BCUT2D eigenvalue weighted by molar-refractivity contribution is 0.539. The Morgan fingerprint density at radius 2 is 1.85 bits per heavy atom. The average molecular weight is 411 g/mol. The molecule has 3 heterocycles. The zero-order valence-corrected chi connectivity index (χ0v) is 17.6. The summed E-state index contributed by atoms with van der Waals surface area (Å²) < 4.78 is 3.22. The van der Waals surface area contributed by atoms with Crippen molar-refractivity contribution in [3.63, 3.8) is 0 Å². The minimum atomic E-state index is -0.401. The van der Waals surface area contributed by atoms with Crippen molar-refractivity contribution < 1.29 is 0 Å². The van der Waals surface area contributed by atoms with Crippen LogP contribution in [0.4, 0.5) is 0 Å². The van der Waals surface area contributed by atoms with Crippen molar-refractivity contribution in [2.75, 3.05) is 0 Å². The summed E-state index contributed by atoms with van der Waals surface area (Å²) in [5, 5.41) is 0.955. The Balaban J connectivity index is 2.24. The van der Waals surface area contributed by atoms with E-state index in [0.717, 1.165) is 13.8 Å². The lowest BCUT2D eigenvalue weighted by atomic mass is 9.96. The number of rotatable bonds is 3. The monoisotopic (exact) mass is 410 g/mol. The molecule has 3 aromatic rings. The number of nitrogens with zero attached hydrogens (tertiary/aromatic N) is 4. The van der Waals surface area contributed by atoms with E-state index in [4.69, 9.17) is 11.6 Å². The number of halogens is 1. The van der Waals surface area contributed by atoms with Crippen LogP contribution in [0.1, 0.15) is 31.5 Å². The van der Waals surface area contributed by atoms with Crippen LogP contribution in [0.15, 0.2) is 26.7 Å². The number of fused-ring (bicyclic) bond motifs is 1. The molecule has 0 fully saturated rings. The molecule has 3 rings (SSSR count). The van der Waals surface area contributed by atoms with E-state index in [9.17, 15) is 9.59 Å². The molecule has 0 N–H and O–H groups in total. The van der Waals surface area contributed by atoms with E-state index in [1.165, 1.54) is 34.7 Å². The van der Waals surface area contributed by atoms with E-state index >= 15 is 0 Å². The minimum Gasteiger partial charge on any atom is -0.280 e. The molecule has 0 unspecified atom stereocenters. The summed E-state index contributed by atoms with van der Waals surface area (Å²) in [5.41, 5.74) is -0.727. The van der Waals surface area contributed by atoms with E-state index in [1.54, 1.807) is 7.05 Å². The Labute approximate surface area is 163 Å². The SMILES string of the molecule is Cn1c(=O)c2c(SCc3ccc(Cl)s3)nc(C(C)(C)C)nc2n(C)c1=O. The first-order chi connectivity index (χ1) is 12.1. The first kappa shape index (κ1) is 19.1. The second-order valence-electron chi connectivity index (χ2n) is 7.00. The number of aromatic nitrogens is 4. The fourth-order valence-electron chi connectivity index (χ4n) is 2.44. The van der Waals surface area contributed by atoms with Gasteiger partial charge in [0.25, 0.3) is 5.56 Å². The third kappa shape index (κ3) is 3.45. The fraction of sp³-hybridized carbons (Fsp3) is 0.412. The van der Waals surface area contributed by atoms with Gasteiger partial charge in [0, 0.05) is 30.1 Å². The highest BCUT2D eigenvalue weighted by Gasteiger charge is 2.23. The Morgan fingerprint density at radius 1 is 1.15 bits per heavy atom. The maximum atomic E-state index is 12.7. The van der Waals surface area contributed by atoms with Crippen LogP contribution in [0.2, 0.25) is 4.34 Å². The molecule has 0 aliphatic rings. The van der Waals surface area contributed by atoms with Gasteiger partial charge in [0.1, 0.15) is 16.2 Å². The molecule has 0 atom stereocenters. The smallest absolute Gasteiger partial charge is 0.280 e. The van der Waals surface area contributed by atoms with Crippen LogP contribution in [0.25, 0.3) is 11.0 Å². The standard InChI is InChI=1S/C17H19ClN4O2S2/c1-17(2,3)15-19-12-11(14(23)22(5)16(24)21(12)4)13(20-15)25-8-9-6-7-10(18)26-9/h6-7H,8H2,1-5H3. The molecule has 0 bridgehead atoms. The van der Waals surface area contributed by atoms with Crippen LogP contribution < -0.4 is 11.2 Å². The first-order valence-electron chi connectivity index (χ1n) is 7.95. The first-order valence-corrected chi connectivity index (χ1v) is 10.1. The molecule has 9 heteroatoms. The summed E-state index contributed by atoms with van der Waals surface area (Å²) in [7, 11) is 3.09. The van der Waals surface area contributed by atoms with Crippen molar-refractivity contribution in [2.24, 2.45) is 14.1 Å². The van der Waals surface area contributed by atoms with Gasteiger partial charge >= 0.3 is 5.69 Å². The molecule has 3 aromatic heterocycles. The van der Waals surface area contributed by atoms with Gasteiger partial charge in [0.15, 0.2) is 5.65 Å². The van der Waals surface area contributed by atoms with Crippen molar-refractivity contribution in [1.82, 2.24) is 19.1 Å². The van der Waals surface area contributed by atoms with Crippen LogP contribution in [-0.4, -0.2) is 19.1 Å². The van der Waals surface area contributed by atoms with Crippen LogP contribution in [0.5, 0.6) is 0 Å². The largest absolute Gasteiger partial charge is 0.332 e. The molecule has 0 saturated carbocycles. The van der Waals surface area contributed by atoms with E-state index in [1.807, 2.05) is 32.9 Å². The minimum absolute atomic E-state index is 0.313. The molecule has 0 radical (unpaired) electrons. The molecule has 0 aliphatic carbocycles. The van der Waals surface area contributed by atoms with E-state index in [-0.39, 0.29) is 11.0 Å². The van der Waals surface area contributed by atoms with Crippen LogP contribution in [0.3, 0.4) is 0 Å². The van der Waals surface area contributed by atoms with E-state index in [2.05, 4.69) is 9.97 Å². The van der Waals surface area contributed by atoms with Gasteiger partial charge in [-0.15, -0.1) is 11.3 Å². The van der Waals surface area contributed by atoms with Crippen molar-refractivity contribution in [3.05, 3.63) is 48.0 Å². The summed E-state index contributed by atoms with van der Waals surface area (Å²) in [5.74, 6) is 1.24. The summed E-state index contributed by atoms with van der Waals surface area (Å²) in [4.78, 5) is 35.3. The lowest BCUT2D eigenvalue weighted by Gasteiger charge is -2.19. The highest BCUT2D eigenvalue weighted by Crippen LogP contribution is 2.31. The normalized spacial score (nSPS) is 12.1. The molecule has 0 aromatic carbocycles. The molecule has 0 saturated heterocycles. The molecule has 0 aliphatic heterocycles. The zero-order chi connectivity index (χ0) is 19.2. The highest BCUT2D eigenvalue weighted by molar-refractivity contribution is 7.98. The third-order valence-corrected chi connectivity index (χ3v) is 6.36. The predicted octanol–water partition coefficient (Wildman–Crippen LogP) is 3.33. The number of thioether (sulfide) groups is 1. The Hall–Kier alpha value is -1.64. The van der Waals surface area contributed by atoms with Gasteiger partial charge in [-0.2, -0.15) is 0 Å². The van der Waals surface area contributed by atoms with Crippen molar-refractivity contribution in [3.8, 4) is 0 Å². The molecular formula is C17H19ClN4O2S2. The second kappa shape index (κ2) is 6.83. The van der Waals surface area contributed by atoms with Crippen molar-refractivity contribution in [1.29, 1.82) is 0 Å². The molecule has 6 nitrogen and oxygen atoms in total. The summed E-state index contributed by atoms with van der Waals surface area (Å²) in [6, 6.07) is 3.81. The Kier molecular flexibility index (Phi) is 5.02. The maximum absolute atomic E-state index is 12.7. The lowest BCUT2D eigenvalue weighted by Crippen LogP contribution is -2.38. The highest BCUT2D eigenvalue weighted by atomic mass is 35.5. The summed E-state index contributed by atoms with van der Waals surface area (Å²) >= 11 is 8.95. The quantitative estimate of drug-likeness (QED) is 0.489. The van der Waals surface area contributed by atoms with Gasteiger partial charge < -0.3 is 0 Å². The van der Waals surface area contributed by atoms with Crippen molar-refractivity contribution in [2.45, 2.75) is 37.0 Å². The van der Waals surface area contributed by atoms with Crippen molar-refractivity contribution >= 4 is 45.7 Å². The number of aryl methyl sites for hydroxylation is 1. The zero-order valence-electron chi connectivity index (χ0n) is 15.2. The Morgan fingerprint density at radius 3 is 2.42 bits per heavy atom. The second-order valence-corrected chi connectivity index (χ2v) is 9.76. The van der Waals surface area contributed by atoms with Gasteiger partial charge in [0.05, 0.1) is 4.34 Å². The van der Waals surface area contributed by atoms with Crippen LogP contribution >= 0.6 is 34.7 Å². The number of thiophene rings is 1. The predicted molar refractivity (Wildman–Crippen MR) is 108 cm³/mol. The molecule has 0 amide bonds. The topological polar surface area (TPSA) is 69.8 Å². The fourth-order valence-corrected chi connectivity index (χ4v) is 4.58. The van der Waals surface area contributed by atoms with Gasteiger partial charge in [-0.1, -0.05) is 44.1 Å². The maximum Gasteiger partial charge on any atom is 0.332 e. The number of hydrogen-bond donors (Lipinski definition) is 0. The third-order valence-electron chi connectivity index (χ3n) is 3.92. The van der Waals surface area contributed by atoms with Gasteiger partial charge in [0.2, 0.25) is 0 Å². The van der Waals surface area contributed by atoms with Gasteiger partial charge in [-0.25, -0.2) is 14.8 Å². The molecular weight excluding hydrogens is 392 g/mol. The molecule has 138 valence electrons. The Bertz CT molecular complexity index is 1110. The van der Waals surface area contributed by atoms with Gasteiger partial charge in [-0.05, 0) is 12.1 Å². The summed E-state index contributed by atoms with van der Waals surface area (Å²) in [6.07, 6.45) is 0.